The van der Waals surface area contributed by atoms with E-state index in [4.69, 9.17) is 9.47 Å². The van der Waals surface area contributed by atoms with Gasteiger partial charge in [0.1, 0.15) is 5.75 Å². The highest BCUT2D eigenvalue weighted by Gasteiger charge is 2.23. The first kappa shape index (κ1) is 17.8. The van der Waals surface area contributed by atoms with Crippen LogP contribution in [-0.4, -0.2) is 35.9 Å². The van der Waals surface area contributed by atoms with Crippen molar-refractivity contribution in [2.45, 2.75) is 26.1 Å². The zero-order valence-electron chi connectivity index (χ0n) is 15.9. The van der Waals surface area contributed by atoms with Crippen molar-refractivity contribution in [2.75, 3.05) is 20.8 Å². The van der Waals surface area contributed by atoms with Gasteiger partial charge in [-0.15, -0.1) is 0 Å². The van der Waals surface area contributed by atoms with E-state index in [0.717, 1.165) is 43.1 Å². The minimum Gasteiger partial charge on any atom is -0.496 e. The molecule has 5 nitrogen and oxygen atoms in total. The predicted molar refractivity (Wildman–Crippen MR) is 106 cm³/mol. The lowest BCUT2D eigenvalue weighted by molar-refractivity contribution is 0.181. The average Bonchev–Trinajstić information content (AvgIpc) is 3.12. The summed E-state index contributed by atoms with van der Waals surface area (Å²) >= 11 is 0. The van der Waals surface area contributed by atoms with Gasteiger partial charge in [0.05, 0.1) is 19.4 Å². The largest absolute Gasteiger partial charge is 0.496 e. The molecule has 1 aromatic heterocycles. The highest BCUT2D eigenvalue weighted by molar-refractivity contribution is 5.64. The van der Waals surface area contributed by atoms with Crippen LogP contribution in [0.5, 0.6) is 5.75 Å². The monoisotopic (exact) mass is 363 g/mol. The minimum absolute atomic E-state index is 0.557. The number of methoxy groups -OCH3 is 2. The van der Waals surface area contributed by atoms with Gasteiger partial charge in [0.25, 0.3) is 0 Å². The fourth-order valence-electron chi connectivity index (χ4n) is 3.78. The van der Waals surface area contributed by atoms with Crippen LogP contribution in [0, 0.1) is 0 Å². The molecule has 0 saturated heterocycles. The average molecular weight is 363 g/mol. The van der Waals surface area contributed by atoms with Gasteiger partial charge in [-0.25, -0.2) is 0 Å². The van der Waals surface area contributed by atoms with Crippen molar-refractivity contribution in [1.82, 2.24) is 15.1 Å². The van der Waals surface area contributed by atoms with Gasteiger partial charge in [-0.05, 0) is 17.7 Å². The molecule has 0 bridgehead atoms. The highest BCUT2D eigenvalue weighted by atomic mass is 16.5. The van der Waals surface area contributed by atoms with Gasteiger partial charge in [-0.3, -0.25) is 10.00 Å². The van der Waals surface area contributed by atoms with Crippen LogP contribution in [0.15, 0.2) is 48.5 Å². The van der Waals surface area contributed by atoms with Crippen LogP contribution in [0.4, 0.5) is 0 Å². The predicted octanol–water partition coefficient (Wildman–Crippen LogP) is 3.79. The number of fused-ring (bicyclic) bond motifs is 1. The number of hydrogen-bond acceptors (Lipinski definition) is 4. The number of ether oxygens (including phenoxy) is 2. The zero-order chi connectivity index (χ0) is 18.6. The second kappa shape index (κ2) is 7.94. The molecule has 0 fully saturated rings. The number of rotatable bonds is 6. The van der Waals surface area contributed by atoms with E-state index in [9.17, 15) is 0 Å². The standard InChI is InChI=1S/C22H25N3O2/c1-26-15-18-12-16(8-9-21(18)27-2)13-25-11-10-20-19(14-25)22(24-23-20)17-6-4-3-5-7-17/h3-9,12H,10-11,13-15H2,1-2H3,(H,23,24). The first-order valence-electron chi connectivity index (χ1n) is 9.27. The Morgan fingerprint density at radius 3 is 2.74 bits per heavy atom. The highest BCUT2D eigenvalue weighted by Crippen LogP contribution is 2.29. The zero-order valence-corrected chi connectivity index (χ0v) is 15.9. The second-order valence-corrected chi connectivity index (χ2v) is 6.94. The molecular weight excluding hydrogens is 338 g/mol. The van der Waals surface area contributed by atoms with Gasteiger partial charge >= 0.3 is 0 Å². The maximum Gasteiger partial charge on any atom is 0.124 e. The Morgan fingerprint density at radius 2 is 1.96 bits per heavy atom. The number of nitrogens with one attached hydrogen (secondary N) is 1. The van der Waals surface area contributed by atoms with E-state index < -0.39 is 0 Å². The molecule has 5 heteroatoms. The summed E-state index contributed by atoms with van der Waals surface area (Å²) < 4.78 is 10.7. The SMILES string of the molecule is COCc1cc(CN2CCc3[nH]nc(-c4ccccc4)c3C2)ccc1OC. The smallest absolute Gasteiger partial charge is 0.124 e. The fraction of sp³-hybridized carbons (Fsp3) is 0.318. The van der Waals surface area contributed by atoms with Crippen LogP contribution in [0.1, 0.15) is 22.4 Å². The summed E-state index contributed by atoms with van der Waals surface area (Å²) in [6.07, 6.45) is 0.996. The lowest BCUT2D eigenvalue weighted by Gasteiger charge is -2.27. The molecule has 1 N–H and O–H groups in total. The van der Waals surface area contributed by atoms with Crippen molar-refractivity contribution in [3.63, 3.8) is 0 Å². The summed E-state index contributed by atoms with van der Waals surface area (Å²) in [5.41, 5.74) is 7.19. The Bertz CT molecular complexity index is 905. The topological polar surface area (TPSA) is 50.4 Å². The molecule has 0 aliphatic carbocycles. The van der Waals surface area contributed by atoms with Gasteiger partial charge in [-0.1, -0.05) is 36.4 Å². The van der Waals surface area contributed by atoms with Crippen LogP contribution in [0.3, 0.4) is 0 Å². The molecular formula is C22H25N3O2. The van der Waals surface area contributed by atoms with Crippen molar-refractivity contribution < 1.29 is 9.47 Å². The number of hydrogen-bond donors (Lipinski definition) is 1. The Balaban J connectivity index is 1.54. The first-order valence-corrected chi connectivity index (χ1v) is 9.27. The van der Waals surface area contributed by atoms with Crippen molar-refractivity contribution in [3.05, 3.63) is 70.9 Å². The molecule has 3 aromatic rings. The maximum atomic E-state index is 5.44. The molecule has 2 aromatic carbocycles. The Hall–Kier alpha value is -2.63. The van der Waals surface area contributed by atoms with E-state index >= 15 is 0 Å². The Labute approximate surface area is 159 Å². The van der Waals surface area contributed by atoms with Crippen LogP contribution in [-0.2, 0) is 30.9 Å². The summed E-state index contributed by atoms with van der Waals surface area (Å²) in [4.78, 5) is 2.47. The van der Waals surface area contributed by atoms with E-state index in [2.05, 4.69) is 51.5 Å². The summed E-state index contributed by atoms with van der Waals surface area (Å²) in [6, 6.07) is 16.8. The van der Waals surface area contributed by atoms with Crippen LogP contribution < -0.4 is 4.74 Å². The molecule has 0 saturated carbocycles. The van der Waals surface area contributed by atoms with E-state index in [-0.39, 0.29) is 0 Å². The van der Waals surface area contributed by atoms with Crippen molar-refractivity contribution in [1.29, 1.82) is 0 Å². The number of aromatic amines is 1. The molecule has 0 atom stereocenters. The first-order chi connectivity index (χ1) is 13.3. The van der Waals surface area contributed by atoms with Crippen molar-refractivity contribution in [2.24, 2.45) is 0 Å². The normalized spacial score (nSPS) is 14.1. The van der Waals surface area contributed by atoms with Gasteiger partial charge in [-0.2, -0.15) is 5.10 Å². The van der Waals surface area contributed by atoms with E-state index in [1.807, 2.05) is 12.1 Å². The molecule has 0 unspecified atom stereocenters. The summed E-state index contributed by atoms with van der Waals surface area (Å²) in [5, 5.41) is 7.83. The summed E-state index contributed by atoms with van der Waals surface area (Å²) in [7, 11) is 3.41. The third-order valence-electron chi connectivity index (χ3n) is 5.11. The number of nitrogens with zero attached hydrogens (tertiary/aromatic N) is 2. The number of H-pyrrole nitrogens is 1. The lowest BCUT2D eigenvalue weighted by Crippen LogP contribution is -2.30. The van der Waals surface area contributed by atoms with Crippen molar-refractivity contribution in [3.8, 4) is 17.0 Å². The molecule has 4 rings (SSSR count). The molecule has 27 heavy (non-hydrogen) atoms. The third-order valence-corrected chi connectivity index (χ3v) is 5.11. The van der Waals surface area contributed by atoms with Crippen molar-refractivity contribution >= 4 is 0 Å². The summed E-state index contributed by atoms with van der Waals surface area (Å²) in [6.45, 7) is 3.39. The van der Waals surface area contributed by atoms with Gasteiger partial charge in [0, 0.05) is 55.5 Å². The molecule has 0 spiro atoms. The maximum absolute atomic E-state index is 5.44. The van der Waals surface area contributed by atoms with E-state index in [0.29, 0.717) is 6.61 Å². The lowest BCUT2D eigenvalue weighted by atomic mass is 10.0. The Kier molecular flexibility index (Phi) is 5.23. The van der Waals surface area contributed by atoms with E-state index in [1.54, 1.807) is 14.2 Å². The molecule has 0 amide bonds. The minimum atomic E-state index is 0.557. The number of benzene rings is 2. The molecule has 0 radical (unpaired) electrons. The van der Waals surface area contributed by atoms with Gasteiger partial charge in [0.2, 0.25) is 0 Å². The van der Waals surface area contributed by atoms with Crippen LogP contribution in [0.25, 0.3) is 11.3 Å². The quantitative estimate of drug-likeness (QED) is 0.724. The molecule has 1 aliphatic heterocycles. The van der Waals surface area contributed by atoms with Gasteiger partial charge in [0.15, 0.2) is 0 Å². The molecule has 2 heterocycles. The second-order valence-electron chi connectivity index (χ2n) is 6.94. The van der Waals surface area contributed by atoms with Crippen LogP contribution in [0.2, 0.25) is 0 Å². The Morgan fingerprint density at radius 1 is 1.11 bits per heavy atom. The third kappa shape index (κ3) is 3.75. The van der Waals surface area contributed by atoms with Crippen LogP contribution >= 0.6 is 0 Å². The molecule has 1 aliphatic rings. The summed E-state index contributed by atoms with van der Waals surface area (Å²) in [5.74, 6) is 0.878. The van der Waals surface area contributed by atoms with Gasteiger partial charge < -0.3 is 9.47 Å². The number of aromatic nitrogens is 2. The molecule has 140 valence electrons. The van der Waals surface area contributed by atoms with E-state index in [1.165, 1.54) is 22.4 Å². The fourth-order valence-corrected chi connectivity index (χ4v) is 3.78.